The number of hydrogen-bond donors (Lipinski definition) is 1. The minimum absolute atomic E-state index is 0.518. The lowest BCUT2D eigenvalue weighted by Gasteiger charge is -2.26. The van der Waals surface area contributed by atoms with Gasteiger partial charge in [-0.05, 0) is 44.2 Å². The summed E-state index contributed by atoms with van der Waals surface area (Å²) in [5, 5.41) is 3.42. The quantitative estimate of drug-likeness (QED) is 0.789. The molecule has 1 aliphatic carbocycles. The number of hydrogen-bond acceptors (Lipinski definition) is 3. The van der Waals surface area contributed by atoms with Crippen LogP contribution in [0.25, 0.3) is 0 Å². The van der Waals surface area contributed by atoms with Crippen molar-refractivity contribution in [1.29, 1.82) is 0 Å². The second-order valence-corrected chi connectivity index (χ2v) is 6.66. The molecule has 1 aliphatic rings. The molecule has 112 valence electrons. The Hall–Kier alpha value is -0.930. The summed E-state index contributed by atoms with van der Waals surface area (Å²) in [6.07, 6.45) is 4.84. The predicted octanol–water partition coefficient (Wildman–Crippen LogP) is 3.20. The zero-order valence-corrected chi connectivity index (χ0v) is 13.4. The van der Waals surface area contributed by atoms with Crippen molar-refractivity contribution in [2.75, 3.05) is 6.54 Å². The van der Waals surface area contributed by atoms with E-state index in [4.69, 9.17) is 0 Å². The van der Waals surface area contributed by atoms with Gasteiger partial charge in [0.15, 0.2) is 0 Å². The molecule has 20 heavy (non-hydrogen) atoms. The maximum Gasteiger partial charge on any atom is 0.0544 e. The fourth-order valence-corrected chi connectivity index (χ4v) is 2.27. The van der Waals surface area contributed by atoms with Gasteiger partial charge in [-0.2, -0.15) is 0 Å². The number of nitrogens with one attached hydrogen (secondary N) is 1. The van der Waals surface area contributed by atoms with Gasteiger partial charge in [-0.3, -0.25) is 9.88 Å². The highest BCUT2D eigenvalue weighted by molar-refractivity contribution is 5.14. The molecule has 3 nitrogen and oxygen atoms in total. The number of aromatic nitrogens is 1. The molecule has 1 aromatic heterocycles. The summed E-state index contributed by atoms with van der Waals surface area (Å²) in [7, 11) is 0. The highest BCUT2D eigenvalue weighted by atomic mass is 15.2. The minimum Gasteiger partial charge on any atom is -0.310 e. The van der Waals surface area contributed by atoms with E-state index in [1.807, 2.05) is 6.20 Å². The Kier molecular flexibility index (Phi) is 5.55. The zero-order chi connectivity index (χ0) is 14.5. The van der Waals surface area contributed by atoms with Crippen molar-refractivity contribution in [2.24, 2.45) is 5.92 Å². The van der Waals surface area contributed by atoms with Gasteiger partial charge in [0.25, 0.3) is 0 Å². The van der Waals surface area contributed by atoms with Crippen LogP contribution < -0.4 is 5.32 Å². The normalized spacial score (nSPS) is 15.6. The molecule has 0 atom stereocenters. The third kappa shape index (κ3) is 5.22. The maximum absolute atomic E-state index is 4.62. The summed E-state index contributed by atoms with van der Waals surface area (Å²) >= 11 is 0. The van der Waals surface area contributed by atoms with Gasteiger partial charge >= 0.3 is 0 Å². The van der Waals surface area contributed by atoms with Gasteiger partial charge in [0.2, 0.25) is 0 Å². The van der Waals surface area contributed by atoms with E-state index in [9.17, 15) is 0 Å². The molecule has 0 aliphatic heterocycles. The predicted molar refractivity (Wildman–Crippen MR) is 84.5 cm³/mol. The molecule has 1 saturated carbocycles. The molecule has 0 bridgehead atoms. The second-order valence-electron chi connectivity index (χ2n) is 6.66. The van der Waals surface area contributed by atoms with Crippen molar-refractivity contribution in [3.8, 4) is 0 Å². The molecule has 0 aromatic carbocycles. The van der Waals surface area contributed by atoms with Gasteiger partial charge in [-0.15, -0.1) is 0 Å². The van der Waals surface area contributed by atoms with E-state index in [1.54, 1.807) is 0 Å². The lowest BCUT2D eigenvalue weighted by Crippen LogP contribution is -2.32. The van der Waals surface area contributed by atoms with Gasteiger partial charge in [0.05, 0.1) is 5.69 Å². The molecule has 0 saturated heterocycles. The molecular weight excluding hydrogens is 246 g/mol. The largest absolute Gasteiger partial charge is 0.310 e. The molecule has 1 N–H and O–H groups in total. The fraction of sp³-hybridized carbons (Fsp3) is 0.706. The van der Waals surface area contributed by atoms with E-state index in [0.717, 1.165) is 19.0 Å². The van der Waals surface area contributed by atoms with Crippen LogP contribution in [0.15, 0.2) is 18.3 Å². The summed E-state index contributed by atoms with van der Waals surface area (Å²) < 4.78 is 0. The van der Waals surface area contributed by atoms with E-state index in [-0.39, 0.29) is 0 Å². The number of nitrogens with zero attached hydrogens (tertiary/aromatic N) is 2. The molecule has 0 radical (unpaired) electrons. The van der Waals surface area contributed by atoms with Crippen LogP contribution in [0.4, 0.5) is 0 Å². The Morgan fingerprint density at radius 3 is 2.50 bits per heavy atom. The molecule has 0 amide bonds. The average Bonchev–Trinajstić information content (AvgIpc) is 3.21. The Morgan fingerprint density at radius 2 is 2.00 bits per heavy atom. The van der Waals surface area contributed by atoms with E-state index < -0.39 is 0 Å². The van der Waals surface area contributed by atoms with Crippen LogP contribution in [0.2, 0.25) is 0 Å². The molecular formula is C17H29N3. The molecule has 1 fully saturated rings. The van der Waals surface area contributed by atoms with Gasteiger partial charge in [0.1, 0.15) is 0 Å². The first-order chi connectivity index (χ1) is 9.54. The molecule has 1 heterocycles. The third-order valence-corrected chi connectivity index (χ3v) is 3.89. The molecule has 3 heteroatoms. The maximum atomic E-state index is 4.62. The van der Waals surface area contributed by atoms with Crippen LogP contribution in [0, 0.1) is 5.92 Å². The molecule has 2 rings (SSSR count). The van der Waals surface area contributed by atoms with Crippen molar-refractivity contribution in [3.63, 3.8) is 0 Å². The standard InChI is InChI=1S/C17H29N3/c1-13(2)18-9-16-7-8-17(19-10-16)12-20(14(3)4)11-15-5-6-15/h7-8,10,13-15,18H,5-6,9,11-12H2,1-4H3. The summed E-state index contributed by atoms with van der Waals surface area (Å²) in [6.45, 7) is 12.0. The van der Waals surface area contributed by atoms with Crippen molar-refractivity contribution in [2.45, 2.75) is 65.7 Å². The smallest absolute Gasteiger partial charge is 0.0544 e. The Labute approximate surface area is 123 Å². The Morgan fingerprint density at radius 1 is 1.25 bits per heavy atom. The minimum atomic E-state index is 0.518. The van der Waals surface area contributed by atoms with Crippen LogP contribution in [-0.2, 0) is 13.1 Å². The topological polar surface area (TPSA) is 28.2 Å². The monoisotopic (exact) mass is 275 g/mol. The molecule has 1 aromatic rings. The van der Waals surface area contributed by atoms with E-state index in [1.165, 1.54) is 30.6 Å². The first-order valence-corrected chi connectivity index (χ1v) is 7.96. The molecule has 0 spiro atoms. The summed E-state index contributed by atoms with van der Waals surface area (Å²) in [6, 6.07) is 5.50. The van der Waals surface area contributed by atoms with E-state index in [2.05, 4.69) is 55.0 Å². The summed E-state index contributed by atoms with van der Waals surface area (Å²) in [4.78, 5) is 7.17. The zero-order valence-electron chi connectivity index (χ0n) is 13.4. The van der Waals surface area contributed by atoms with E-state index in [0.29, 0.717) is 12.1 Å². The van der Waals surface area contributed by atoms with Gasteiger partial charge in [0, 0.05) is 37.9 Å². The van der Waals surface area contributed by atoms with Crippen LogP contribution in [0.1, 0.15) is 51.8 Å². The number of pyridine rings is 1. The Bertz CT molecular complexity index is 393. The van der Waals surface area contributed by atoms with Gasteiger partial charge in [-0.25, -0.2) is 0 Å². The average molecular weight is 275 g/mol. The second kappa shape index (κ2) is 7.19. The highest BCUT2D eigenvalue weighted by Gasteiger charge is 2.25. The summed E-state index contributed by atoms with van der Waals surface area (Å²) in [5.41, 5.74) is 2.45. The van der Waals surface area contributed by atoms with Crippen LogP contribution in [0.5, 0.6) is 0 Å². The van der Waals surface area contributed by atoms with Crippen molar-refractivity contribution in [3.05, 3.63) is 29.6 Å². The third-order valence-electron chi connectivity index (χ3n) is 3.89. The lowest BCUT2D eigenvalue weighted by atomic mass is 10.2. The Balaban J connectivity index is 1.87. The van der Waals surface area contributed by atoms with Gasteiger partial charge in [-0.1, -0.05) is 19.9 Å². The highest BCUT2D eigenvalue weighted by Crippen LogP contribution is 2.30. The lowest BCUT2D eigenvalue weighted by molar-refractivity contribution is 0.201. The van der Waals surface area contributed by atoms with Crippen molar-refractivity contribution in [1.82, 2.24) is 15.2 Å². The van der Waals surface area contributed by atoms with Gasteiger partial charge < -0.3 is 5.32 Å². The van der Waals surface area contributed by atoms with Crippen LogP contribution >= 0.6 is 0 Å². The SMILES string of the molecule is CC(C)NCc1ccc(CN(CC2CC2)C(C)C)nc1. The molecule has 0 unspecified atom stereocenters. The fourth-order valence-electron chi connectivity index (χ4n) is 2.27. The van der Waals surface area contributed by atoms with Crippen LogP contribution in [0.3, 0.4) is 0 Å². The van der Waals surface area contributed by atoms with Crippen LogP contribution in [-0.4, -0.2) is 28.5 Å². The number of rotatable bonds is 8. The first-order valence-electron chi connectivity index (χ1n) is 7.96. The van der Waals surface area contributed by atoms with Crippen molar-refractivity contribution >= 4 is 0 Å². The first kappa shape index (κ1) is 15.5. The van der Waals surface area contributed by atoms with E-state index >= 15 is 0 Å². The summed E-state index contributed by atoms with van der Waals surface area (Å²) in [5.74, 6) is 0.937. The van der Waals surface area contributed by atoms with Crippen molar-refractivity contribution < 1.29 is 0 Å².